The average molecular weight is 399 g/mol. The summed E-state index contributed by atoms with van der Waals surface area (Å²) in [5, 5.41) is 58.2. The third kappa shape index (κ3) is 4.65. The minimum absolute atomic E-state index is 0.0824. The zero-order valence-electron chi connectivity index (χ0n) is 15.8. The predicted octanol–water partition coefficient (Wildman–Crippen LogP) is 0.199. The highest BCUT2D eigenvalue weighted by Gasteiger charge is 2.44. The van der Waals surface area contributed by atoms with E-state index in [0.29, 0.717) is 24.0 Å². The van der Waals surface area contributed by atoms with Crippen molar-refractivity contribution >= 4 is 0 Å². The number of hydrogen-bond donors (Lipinski definition) is 5. The minimum Gasteiger partial charge on any atom is -0.396 e. The summed E-state index contributed by atoms with van der Waals surface area (Å²) in [5.41, 5.74) is 3.77. The van der Waals surface area contributed by atoms with Crippen molar-refractivity contribution in [3.8, 4) is 6.07 Å². The fourth-order valence-corrected chi connectivity index (χ4v) is 3.60. The number of ether oxygens (including phenoxy) is 1. The molecule has 7 heteroatoms. The van der Waals surface area contributed by atoms with Crippen LogP contribution in [-0.4, -0.2) is 63.2 Å². The average Bonchev–Trinajstić information content (AvgIpc) is 2.74. The molecule has 0 aromatic heterocycles. The van der Waals surface area contributed by atoms with Crippen LogP contribution >= 0.6 is 0 Å². The summed E-state index contributed by atoms with van der Waals surface area (Å²) in [6.07, 6.45) is -5.11. The third-order valence-corrected chi connectivity index (χ3v) is 5.29. The van der Waals surface area contributed by atoms with Gasteiger partial charge in [0.2, 0.25) is 0 Å². The van der Waals surface area contributed by atoms with Crippen LogP contribution in [0, 0.1) is 11.3 Å². The molecule has 0 aliphatic carbocycles. The Morgan fingerprint density at radius 1 is 0.897 bits per heavy atom. The van der Waals surface area contributed by atoms with Gasteiger partial charge in [0, 0.05) is 6.61 Å². The molecule has 7 nitrogen and oxygen atoms in total. The van der Waals surface area contributed by atoms with Crippen LogP contribution in [0.5, 0.6) is 0 Å². The van der Waals surface area contributed by atoms with E-state index in [1.807, 2.05) is 24.3 Å². The van der Waals surface area contributed by atoms with Crippen LogP contribution in [0.2, 0.25) is 0 Å². The molecule has 1 heterocycles. The lowest BCUT2D eigenvalue weighted by atomic mass is 9.89. The van der Waals surface area contributed by atoms with Crippen molar-refractivity contribution in [3.05, 3.63) is 70.3 Å². The summed E-state index contributed by atoms with van der Waals surface area (Å²) in [7, 11) is 0. The molecule has 154 valence electrons. The first-order chi connectivity index (χ1) is 14.0. The Hall–Kier alpha value is -2.31. The second kappa shape index (κ2) is 9.46. The number of hydrogen-bond acceptors (Lipinski definition) is 7. The molecule has 3 unspecified atom stereocenters. The van der Waals surface area contributed by atoms with Crippen LogP contribution in [0.3, 0.4) is 0 Å². The fraction of sp³-hybridized carbons (Fsp3) is 0.409. The third-order valence-electron chi connectivity index (χ3n) is 5.29. The van der Waals surface area contributed by atoms with Crippen LogP contribution < -0.4 is 0 Å². The van der Waals surface area contributed by atoms with Gasteiger partial charge in [0.25, 0.3) is 0 Å². The van der Waals surface area contributed by atoms with E-state index in [0.717, 1.165) is 16.7 Å². The van der Waals surface area contributed by atoms with Crippen LogP contribution in [0.25, 0.3) is 0 Å². The van der Waals surface area contributed by atoms with E-state index < -0.39 is 37.1 Å². The molecule has 1 aliphatic rings. The molecule has 2 aromatic carbocycles. The van der Waals surface area contributed by atoms with E-state index in [-0.39, 0.29) is 6.61 Å². The highest BCUT2D eigenvalue weighted by molar-refractivity contribution is 5.44. The molecule has 2 aromatic rings. The summed E-state index contributed by atoms with van der Waals surface area (Å²) < 4.78 is 5.62. The Morgan fingerprint density at radius 3 is 2.21 bits per heavy atom. The molecule has 0 bridgehead atoms. The molecule has 1 saturated heterocycles. The Bertz CT molecular complexity index is 861. The second-order valence-electron chi connectivity index (χ2n) is 7.24. The molecule has 5 N–H and O–H groups in total. The summed E-state index contributed by atoms with van der Waals surface area (Å²) >= 11 is 0. The maximum absolute atomic E-state index is 10.4. The van der Waals surface area contributed by atoms with Crippen molar-refractivity contribution in [1.82, 2.24) is 0 Å². The number of nitriles is 1. The van der Waals surface area contributed by atoms with Crippen molar-refractivity contribution < 1.29 is 30.3 Å². The van der Waals surface area contributed by atoms with Crippen LogP contribution in [0.1, 0.15) is 33.9 Å². The smallest absolute Gasteiger partial charge is 0.113 e. The number of aliphatic hydroxyl groups excluding tert-OH is 5. The van der Waals surface area contributed by atoms with E-state index in [1.165, 1.54) is 0 Å². The van der Waals surface area contributed by atoms with Crippen LogP contribution in [0.15, 0.2) is 42.5 Å². The Kier molecular flexibility index (Phi) is 6.98. The van der Waals surface area contributed by atoms with Gasteiger partial charge < -0.3 is 30.3 Å². The lowest BCUT2D eigenvalue weighted by Crippen LogP contribution is -2.55. The number of aliphatic hydroxyl groups is 5. The van der Waals surface area contributed by atoms with Crippen LogP contribution in [-0.2, 0) is 17.6 Å². The number of rotatable bonds is 6. The summed E-state index contributed by atoms with van der Waals surface area (Å²) in [4.78, 5) is 0. The number of benzene rings is 2. The first-order valence-corrected chi connectivity index (χ1v) is 9.50. The van der Waals surface area contributed by atoms with Crippen molar-refractivity contribution in [2.75, 3.05) is 13.2 Å². The van der Waals surface area contributed by atoms with Gasteiger partial charge in [-0.2, -0.15) is 5.26 Å². The Labute approximate surface area is 169 Å². The monoisotopic (exact) mass is 399 g/mol. The van der Waals surface area contributed by atoms with Crippen LogP contribution in [0.4, 0.5) is 0 Å². The molecular formula is C22H25NO6. The summed E-state index contributed by atoms with van der Waals surface area (Å²) in [6, 6.07) is 14.9. The van der Waals surface area contributed by atoms with E-state index in [2.05, 4.69) is 6.07 Å². The fourth-order valence-electron chi connectivity index (χ4n) is 3.60. The molecular weight excluding hydrogens is 374 g/mol. The standard InChI is InChI=1S/C22H25NO6/c23-11-16-6-5-15(22-21(28)20(27)19(26)18(12-25)29-22)10-17(16)9-14-3-1-13(2-4-14)7-8-24/h1-6,10,18-22,24-28H,7-9,12H2/t18-,19?,20?,21?,22+/m1/s1. The summed E-state index contributed by atoms with van der Waals surface area (Å²) in [6.45, 7) is -0.413. The molecule has 29 heavy (non-hydrogen) atoms. The Morgan fingerprint density at radius 2 is 1.59 bits per heavy atom. The van der Waals surface area contributed by atoms with Gasteiger partial charge in [0.05, 0.1) is 18.2 Å². The van der Waals surface area contributed by atoms with Gasteiger partial charge in [0.15, 0.2) is 0 Å². The zero-order chi connectivity index (χ0) is 21.0. The van der Waals surface area contributed by atoms with Gasteiger partial charge in [-0.1, -0.05) is 36.4 Å². The molecule has 5 atom stereocenters. The highest BCUT2D eigenvalue weighted by atomic mass is 16.5. The predicted molar refractivity (Wildman–Crippen MR) is 104 cm³/mol. The highest BCUT2D eigenvalue weighted by Crippen LogP contribution is 2.33. The van der Waals surface area contributed by atoms with Gasteiger partial charge in [-0.3, -0.25) is 0 Å². The van der Waals surface area contributed by atoms with Crippen molar-refractivity contribution in [3.63, 3.8) is 0 Å². The number of nitrogens with zero attached hydrogens (tertiary/aromatic N) is 1. The van der Waals surface area contributed by atoms with Crippen molar-refractivity contribution in [2.24, 2.45) is 0 Å². The van der Waals surface area contributed by atoms with E-state index in [1.54, 1.807) is 18.2 Å². The molecule has 1 aliphatic heterocycles. The largest absolute Gasteiger partial charge is 0.396 e. The van der Waals surface area contributed by atoms with E-state index >= 15 is 0 Å². The first kappa shape index (κ1) is 21.4. The molecule has 0 amide bonds. The topological polar surface area (TPSA) is 134 Å². The molecule has 0 saturated carbocycles. The van der Waals surface area contributed by atoms with Gasteiger partial charge in [0.1, 0.15) is 30.5 Å². The molecule has 0 spiro atoms. The van der Waals surface area contributed by atoms with Gasteiger partial charge in [-0.15, -0.1) is 0 Å². The lowest BCUT2D eigenvalue weighted by molar-refractivity contribution is -0.231. The maximum Gasteiger partial charge on any atom is 0.113 e. The zero-order valence-corrected chi connectivity index (χ0v) is 15.8. The molecule has 1 fully saturated rings. The normalized spacial score (nSPS) is 26.8. The van der Waals surface area contributed by atoms with Gasteiger partial charge in [-0.05, 0) is 41.2 Å². The molecule has 0 radical (unpaired) electrons. The van der Waals surface area contributed by atoms with Crippen molar-refractivity contribution in [1.29, 1.82) is 5.26 Å². The summed E-state index contributed by atoms with van der Waals surface area (Å²) in [5.74, 6) is 0. The lowest BCUT2D eigenvalue weighted by Gasteiger charge is -2.40. The Balaban J connectivity index is 1.87. The molecule has 3 rings (SSSR count). The second-order valence-corrected chi connectivity index (χ2v) is 7.24. The minimum atomic E-state index is -1.45. The SMILES string of the molecule is N#Cc1ccc([C@@H]2O[C@H](CO)C(O)C(O)C2O)cc1Cc1ccc(CCO)cc1. The van der Waals surface area contributed by atoms with E-state index in [4.69, 9.17) is 9.84 Å². The first-order valence-electron chi connectivity index (χ1n) is 9.50. The van der Waals surface area contributed by atoms with Gasteiger partial charge >= 0.3 is 0 Å². The quantitative estimate of drug-likeness (QED) is 0.468. The maximum atomic E-state index is 10.4. The van der Waals surface area contributed by atoms with E-state index in [9.17, 15) is 25.7 Å². The van der Waals surface area contributed by atoms with Gasteiger partial charge in [-0.25, -0.2) is 0 Å². The van der Waals surface area contributed by atoms with Crippen molar-refractivity contribution in [2.45, 2.75) is 43.4 Å².